The van der Waals surface area contributed by atoms with Gasteiger partial charge in [0.2, 0.25) is 5.91 Å². The molecule has 2 saturated heterocycles. The third-order valence-corrected chi connectivity index (χ3v) is 5.65. The molecule has 0 saturated carbocycles. The van der Waals surface area contributed by atoms with Gasteiger partial charge < -0.3 is 20.3 Å². The van der Waals surface area contributed by atoms with Crippen LogP contribution in [0.5, 0.6) is 0 Å². The minimum absolute atomic E-state index is 0. The maximum Gasteiger partial charge on any atom is 0.239 e. The van der Waals surface area contributed by atoms with Gasteiger partial charge in [-0.05, 0) is 24.8 Å². The summed E-state index contributed by atoms with van der Waals surface area (Å²) in [5.74, 6) is 1.92. The van der Waals surface area contributed by atoms with E-state index < -0.39 is 6.04 Å². The van der Waals surface area contributed by atoms with Crippen LogP contribution in [-0.4, -0.2) is 66.2 Å². The lowest BCUT2D eigenvalue weighted by atomic mass is 9.91. The van der Waals surface area contributed by atoms with Crippen LogP contribution in [0.2, 0.25) is 0 Å². The Morgan fingerprint density at radius 1 is 1.03 bits per heavy atom. The van der Waals surface area contributed by atoms with Gasteiger partial charge in [-0.1, -0.05) is 30.3 Å². The number of nitrogens with zero attached hydrogens (tertiary/aromatic N) is 4. The first-order valence-electron chi connectivity index (χ1n) is 9.98. The molecule has 7 nitrogen and oxygen atoms in total. The van der Waals surface area contributed by atoms with Gasteiger partial charge in [0.1, 0.15) is 5.82 Å². The first kappa shape index (κ1) is 24.3. The molecule has 1 aromatic heterocycles. The molecule has 2 aromatic rings. The van der Waals surface area contributed by atoms with Crippen LogP contribution in [0.15, 0.2) is 42.6 Å². The molecule has 0 spiro atoms. The second kappa shape index (κ2) is 11.5. The third-order valence-electron chi connectivity index (χ3n) is 5.65. The Morgan fingerprint density at radius 3 is 2.37 bits per heavy atom. The van der Waals surface area contributed by atoms with Crippen LogP contribution in [0.3, 0.4) is 0 Å². The molecule has 0 aliphatic carbocycles. The molecule has 1 atom stereocenters. The van der Waals surface area contributed by atoms with Crippen LogP contribution in [0.1, 0.15) is 12.8 Å². The van der Waals surface area contributed by atoms with E-state index in [1.165, 1.54) is 0 Å². The van der Waals surface area contributed by atoms with Crippen LogP contribution >= 0.6 is 24.8 Å². The highest BCUT2D eigenvalue weighted by atomic mass is 35.5. The van der Waals surface area contributed by atoms with Crippen LogP contribution < -0.4 is 10.6 Å². The van der Waals surface area contributed by atoms with Crippen LogP contribution in [0, 0.1) is 5.92 Å². The van der Waals surface area contributed by atoms with E-state index in [-0.39, 0.29) is 36.6 Å². The molecule has 30 heavy (non-hydrogen) atoms. The Bertz CT molecular complexity index is 797. The molecule has 1 amide bonds. The SMILES string of the molecule is Cl.Cl.NC(C(=O)N1CCN(c2ccnc(-c3ccccc3)n2)CC1)C1CCOCC1. The summed E-state index contributed by atoms with van der Waals surface area (Å²) >= 11 is 0. The van der Waals surface area contributed by atoms with E-state index >= 15 is 0 Å². The molecule has 3 heterocycles. The summed E-state index contributed by atoms with van der Waals surface area (Å²) < 4.78 is 5.38. The predicted octanol–water partition coefficient (Wildman–Crippen LogP) is 2.39. The monoisotopic (exact) mass is 453 g/mol. The molecule has 2 aliphatic rings. The van der Waals surface area contributed by atoms with Crippen molar-refractivity contribution < 1.29 is 9.53 Å². The molecule has 0 bridgehead atoms. The zero-order chi connectivity index (χ0) is 19.3. The summed E-state index contributed by atoms with van der Waals surface area (Å²) in [6, 6.07) is 11.5. The highest BCUT2D eigenvalue weighted by Crippen LogP contribution is 2.21. The summed E-state index contributed by atoms with van der Waals surface area (Å²) in [7, 11) is 0. The van der Waals surface area contributed by atoms with Gasteiger partial charge in [-0.2, -0.15) is 0 Å². The summed E-state index contributed by atoms with van der Waals surface area (Å²) in [5, 5.41) is 0. The van der Waals surface area contributed by atoms with Crippen molar-refractivity contribution in [3.63, 3.8) is 0 Å². The molecule has 9 heteroatoms. The van der Waals surface area contributed by atoms with Crippen molar-refractivity contribution >= 4 is 36.5 Å². The lowest BCUT2D eigenvalue weighted by molar-refractivity contribution is -0.135. The number of hydrogen-bond acceptors (Lipinski definition) is 6. The molecular formula is C21H29Cl2N5O2. The largest absolute Gasteiger partial charge is 0.381 e. The highest BCUT2D eigenvalue weighted by molar-refractivity contribution is 5.85. The van der Waals surface area contributed by atoms with E-state index in [1.807, 2.05) is 41.3 Å². The normalized spacial score (nSPS) is 18.2. The fourth-order valence-corrected chi connectivity index (χ4v) is 3.89. The van der Waals surface area contributed by atoms with Gasteiger partial charge in [0.05, 0.1) is 6.04 Å². The molecule has 4 rings (SSSR count). The van der Waals surface area contributed by atoms with E-state index in [0.29, 0.717) is 26.3 Å². The Morgan fingerprint density at radius 2 is 1.70 bits per heavy atom. The van der Waals surface area contributed by atoms with Crippen LogP contribution in [0.25, 0.3) is 11.4 Å². The van der Waals surface area contributed by atoms with Crippen molar-refractivity contribution in [3.05, 3.63) is 42.6 Å². The first-order valence-corrected chi connectivity index (χ1v) is 9.98. The minimum Gasteiger partial charge on any atom is -0.381 e. The number of carbonyl (C=O) groups is 1. The number of nitrogens with two attached hydrogens (primary N) is 1. The van der Waals surface area contributed by atoms with Crippen molar-refractivity contribution in [1.82, 2.24) is 14.9 Å². The number of hydrogen-bond donors (Lipinski definition) is 1. The second-order valence-electron chi connectivity index (χ2n) is 7.39. The van der Waals surface area contributed by atoms with E-state index in [2.05, 4.69) is 9.88 Å². The van der Waals surface area contributed by atoms with Crippen molar-refractivity contribution in [2.45, 2.75) is 18.9 Å². The zero-order valence-electron chi connectivity index (χ0n) is 16.9. The summed E-state index contributed by atoms with van der Waals surface area (Å²) in [6.07, 6.45) is 3.54. The van der Waals surface area contributed by atoms with Gasteiger partial charge in [-0.25, -0.2) is 9.97 Å². The lowest BCUT2D eigenvalue weighted by Crippen LogP contribution is -2.55. The van der Waals surface area contributed by atoms with Crippen LogP contribution in [0.4, 0.5) is 5.82 Å². The van der Waals surface area contributed by atoms with Crippen molar-refractivity contribution in [3.8, 4) is 11.4 Å². The summed E-state index contributed by atoms with van der Waals surface area (Å²) in [4.78, 5) is 26.0. The van der Waals surface area contributed by atoms with E-state index in [0.717, 1.165) is 43.1 Å². The Balaban J connectivity index is 0.00000160. The molecule has 2 aliphatic heterocycles. The Kier molecular flexibility index (Phi) is 9.30. The number of anilines is 1. The number of amides is 1. The number of halogens is 2. The van der Waals surface area contributed by atoms with Gasteiger partial charge >= 0.3 is 0 Å². The highest BCUT2D eigenvalue weighted by Gasteiger charge is 2.31. The van der Waals surface area contributed by atoms with E-state index in [9.17, 15) is 4.79 Å². The lowest BCUT2D eigenvalue weighted by Gasteiger charge is -2.38. The first-order chi connectivity index (χ1) is 13.7. The Hall–Kier alpha value is -1.93. The van der Waals surface area contributed by atoms with Crippen molar-refractivity contribution in [2.24, 2.45) is 11.7 Å². The van der Waals surface area contributed by atoms with Crippen molar-refractivity contribution in [1.29, 1.82) is 0 Å². The van der Waals surface area contributed by atoms with Gasteiger partial charge in [-0.15, -0.1) is 24.8 Å². The second-order valence-corrected chi connectivity index (χ2v) is 7.39. The van der Waals surface area contributed by atoms with Gasteiger partial charge in [0.25, 0.3) is 0 Å². The molecule has 2 N–H and O–H groups in total. The smallest absolute Gasteiger partial charge is 0.239 e. The quantitative estimate of drug-likeness (QED) is 0.764. The summed E-state index contributed by atoms with van der Waals surface area (Å²) in [5.41, 5.74) is 7.27. The number of benzene rings is 1. The van der Waals surface area contributed by atoms with Crippen LogP contribution in [-0.2, 0) is 9.53 Å². The molecule has 2 fully saturated rings. The summed E-state index contributed by atoms with van der Waals surface area (Å²) in [6.45, 7) is 4.24. The molecule has 164 valence electrons. The minimum atomic E-state index is -0.417. The Labute approximate surface area is 189 Å². The van der Waals surface area contributed by atoms with E-state index in [1.54, 1.807) is 6.20 Å². The molecule has 1 unspecified atom stereocenters. The fraction of sp³-hybridized carbons (Fsp3) is 0.476. The van der Waals surface area contributed by atoms with Gasteiger partial charge in [0.15, 0.2) is 5.82 Å². The third kappa shape index (κ3) is 5.60. The average Bonchev–Trinajstić information content (AvgIpc) is 2.79. The molecular weight excluding hydrogens is 425 g/mol. The number of ether oxygens (including phenoxy) is 1. The van der Waals surface area contributed by atoms with Gasteiger partial charge in [-0.3, -0.25) is 4.79 Å². The maximum atomic E-state index is 12.8. The zero-order valence-corrected chi connectivity index (χ0v) is 18.5. The number of piperazine rings is 1. The number of aromatic nitrogens is 2. The number of rotatable bonds is 4. The fourth-order valence-electron chi connectivity index (χ4n) is 3.89. The van der Waals surface area contributed by atoms with E-state index in [4.69, 9.17) is 15.5 Å². The maximum absolute atomic E-state index is 12.8. The molecule has 1 aromatic carbocycles. The van der Waals surface area contributed by atoms with Crippen molar-refractivity contribution in [2.75, 3.05) is 44.3 Å². The standard InChI is InChI=1S/C21H27N5O2.2ClH/c22-19(16-7-14-28-15-8-16)21(27)26-12-10-25(11-13-26)18-6-9-23-20(24-18)17-4-2-1-3-5-17;;/h1-6,9,16,19H,7-8,10-15,22H2;2*1H. The average molecular weight is 454 g/mol. The molecule has 0 radical (unpaired) electrons. The number of carbonyl (C=O) groups excluding carboxylic acids is 1. The topological polar surface area (TPSA) is 84.6 Å². The predicted molar refractivity (Wildman–Crippen MR) is 122 cm³/mol. The van der Waals surface area contributed by atoms with Gasteiger partial charge in [0, 0.05) is 51.2 Å².